The van der Waals surface area contributed by atoms with E-state index in [-0.39, 0.29) is 5.56 Å². The van der Waals surface area contributed by atoms with Crippen molar-refractivity contribution in [3.63, 3.8) is 0 Å². The summed E-state index contributed by atoms with van der Waals surface area (Å²) in [4.78, 5) is 22.1. The van der Waals surface area contributed by atoms with E-state index in [1.807, 2.05) is 25.1 Å². The number of nitrogens with zero attached hydrogens (tertiary/aromatic N) is 3. The van der Waals surface area contributed by atoms with Crippen molar-refractivity contribution in [2.75, 3.05) is 19.0 Å². The average molecular weight is 275 g/mol. The summed E-state index contributed by atoms with van der Waals surface area (Å²) in [5.74, 6) is -0.307. The quantitative estimate of drug-likeness (QED) is 0.864. The molecule has 0 unspecified atom stereocenters. The molecule has 0 fully saturated rings. The lowest BCUT2D eigenvalue weighted by atomic mass is 10.2. The molecule has 0 amide bonds. The molecule has 2 aromatic rings. The van der Waals surface area contributed by atoms with Crippen molar-refractivity contribution in [2.24, 2.45) is 0 Å². The smallest absolute Gasteiger partial charge is 0.335 e. The van der Waals surface area contributed by atoms with Crippen LogP contribution in [0.5, 0.6) is 0 Å². The number of carboxylic acids is 1. The molecular weight excluding hydrogens is 262 g/mol. The second kappa shape index (κ2) is 5.71. The molecule has 0 saturated carbocycles. The summed E-state index contributed by atoms with van der Waals surface area (Å²) in [5, 5.41) is 9.73. The van der Waals surface area contributed by atoms with Gasteiger partial charge in [0.15, 0.2) is 0 Å². The van der Waals surface area contributed by atoms with E-state index in [0.717, 1.165) is 9.92 Å². The van der Waals surface area contributed by atoms with Crippen molar-refractivity contribution in [3.05, 3.63) is 42.1 Å². The molecule has 98 valence electrons. The predicted octanol–water partition coefficient (Wildman–Crippen LogP) is 2.39. The molecule has 5 nitrogen and oxygen atoms in total. The SMILES string of the molecule is CN(C)c1nccc(Sc2cccc(C(=O)O)c2)n1. The van der Waals surface area contributed by atoms with Gasteiger partial charge in [-0.05, 0) is 24.3 Å². The van der Waals surface area contributed by atoms with Crippen LogP contribution in [0.3, 0.4) is 0 Å². The van der Waals surface area contributed by atoms with Gasteiger partial charge in [0.25, 0.3) is 0 Å². The highest BCUT2D eigenvalue weighted by Crippen LogP contribution is 2.27. The minimum Gasteiger partial charge on any atom is -0.478 e. The maximum absolute atomic E-state index is 10.9. The largest absolute Gasteiger partial charge is 0.478 e. The number of rotatable bonds is 4. The standard InChI is InChI=1S/C13H13N3O2S/c1-16(2)13-14-7-6-11(15-13)19-10-5-3-4-9(8-10)12(17)18/h3-8H,1-2H3,(H,17,18). The third kappa shape index (κ3) is 3.45. The van der Waals surface area contributed by atoms with Gasteiger partial charge in [-0.1, -0.05) is 17.8 Å². The summed E-state index contributed by atoms with van der Waals surface area (Å²) in [6.07, 6.45) is 1.69. The monoisotopic (exact) mass is 275 g/mol. The fourth-order valence-corrected chi connectivity index (χ4v) is 2.25. The van der Waals surface area contributed by atoms with Gasteiger partial charge >= 0.3 is 5.97 Å². The van der Waals surface area contributed by atoms with Gasteiger partial charge in [0, 0.05) is 25.2 Å². The molecular formula is C13H13N3O2S. The van der Waals surface area contributed by atoms with Gasteiger partial charge in [-0.25, -0.2) is 14.8 Å². The Hall–Kier alpha value is -2.08. The first kappa shape index (κ1) is 13.4. The topological polar surface area (TPSA) is 66.3 Å². The van der Waals surface area contributed by atoms with Crippen LogP contribution in [0, 0.1) is 0 Å². The highest BCUT2D eigenvalue weighted by Gasteiger charge is 2.06. The summed E-state index contributed by atoms with van der Waals surface area (Å²) < 4.78 is 0. The molecule has 0 aliphatic heterocycles. The first-order valence-electron chi connectivity index (χ1n) is 5.58. The Kier molecular flexibility index (Phi) is 4.01. The van der Waals surface area contributed by atoms with Crippen LogP contribution in [0.2, 0.25) is 0 Å². The Morgan fingerprint density at radius 3 is 2.79 bits per heavy atom. The van der Waals surface area contributed by atoms with E-state index < -0.39 is 5.97 Å². The van der Waals surface area contributed by atoms with Gasteiger partial charge in [-0.2, -0.15) is 0 Å². The molecule has 0 aliphatic carbocycles. The highest BCUT2D eigenvalue weighted by molar-refractivity contribution is 7.99. The Labute approximate surface area is 115 Å². The van der Waals surface area contributed by atoms with E-state index in [0.29, 0.717) is 5.95 Å². The van der Waals surface area contributed by atoms with Crippen LogP contribution in [-0.2, 0) is 0 Å². The van der Waals surface area contributed by atoms with Gasteiger partial charge in [0.1, 0.15) is 5.03 Å². The van der Waals surface area contributed by atoms with Gasteiger partial charge in [0.2, 0.25) is 5.95 Å². The molecule has 0 bridgehead atoms. The lowest BCUT2D eigenvalue weighted by Gasteiger charge is -2.10. The van der Waals surface area contributed by atoms with Gasteiger partial charge in [0.05, 0.1) is 5.56 Å². The number of hydrogen-bond donors (Lipinski definition) is 1. The zero-order valence-corrected chi connectivity index (χ0v) is 11.4. The highest BCUT2D eigenvalue weighted by atomic mass is 32.2. The molecule has 0 atom stereocenters. The maximum atomic E-state index is 10.9. The lowest BCUT2D eigenvalue weighted by Crippen LogP contribution is -2.12. The molecule has 6 heteroatoms. The molecule has 0 spiro atoms. The van der Waals surface area contributed by atoms with Crippen molar-refractivity contribution in [1.29, 1.82) is 0 Å². The molecule has 1 aromatic carbocycles. The third-order valence-electron chi connectivity index (χ3n) is 2.32. The lowest BCUT2D eigenvalue weighted by molar-refractivity contribution is 0.0696. The van der Waals surface area contributed by atoms with E-state index >= 15 is 0 Å². The number of benzene rings is 1. The van der Waals surface area contributed by atoms with Crippen molar-refractivity contribution in [3.8, 4) is 0 Å². The van der Waals surface area contributed by atoms with Gasteiger partial charge in [-0.3, -0.25) is 0 Å². The molecule has 0 saturated heterocycles. The number of anilines is 1. The normalized spacial score (nSPS) is 10.2. The van der Waals surface area contributed by atoms with Gasteiger partial charge in [-0.15, -0.1) is 0 Å². The van der Waals surface area contributed by atoms with Crippen molar-refractivity contribution < 1.29 is 9.90 Å². The number of carbonyl (C=O) groups is 1. The minimum atomic E-state index is -0.931. The van der Waals surface area contributed by atoms with E-state index in [9.17, 15) is 4.79 Å². The predicted molar refractivity (Wildman–Crippen MR) is 73.9 cm³/mol. The summed E-state index contributed by atoms with van der Waals surface area (Å²) in [7, 11) is 3.74. The Morgan fingerprint density at radius 1 is 1.32 bits per heavy atom. The van der Waals surface area contributed by atoms with Crippen molar-refractivity contribution in [2.45, 2.75) is 9.92 Å². The number of carboxylic acid groups (broad SMARTS) is 1. The second-order valence-electron chi connectivity index (χ2n) is 4.02. The van der Waals surface area contributed by atoms with E-state index in [4.69, 9.17) is 5.11 Å². The fraction of sp³-hybridized carbons (Fsp3) is 0.154. The summed E-state index contributed by atoms with van der Waals surface area (Å²) in [5.41, 5.74) is 0.270. The van der Waals surface area contributed by atoms with Crippen LogP contribution in [-0.4, -0.2) is 35.1 Å². The second-order valence-corrected chi connectivity index (χ2v) is 5.12. The van der Waals surface area contributed by atoms with E-state index in [2.05, 4.69) is 9.97 Å². The number of aromatic carboxylic acids is 1. The van der Waals surface area contributed by atoms with Crippen molar-refractivity contribution in [1.82, 2.24) is 9.97 Å². The van der Waals surface area contributed by atoms with Crippen LogP contribution in [0.1, 0.15) is 10.4 Å². The number of aromatic nitrogens is 2. The van der Waals surface area contributed by atoms with E-state index in [1.54, 1.807) is 30.5 Å². The average Bonchev–Trinajstić information content (AvgIpc) is 2.39. The molecule has 2 rings (SSSR count). The molecule has 1 heterocycles. The molecule has 1 N–H and O–H groups in total. The van der Waals surface area contributed by atoms with Crippen LogP contribution in [0.15, 0.2) is 46.5 Å². The Morgan fingerprint density at radius 2 is 2.11 bits per heavy atom. The Bertz CT molecular complexity index is 602. The zero-order chi connectivity index (χ0) is 13.8. The van der Waals surface area contributed by atoms with Crippen LogP contribution in [0.25, 0.3) is 0 Å². The molecule has 0 aliphatic rings. The van der Waals surface area contributed by atoms with Crippen LogP contribution >= 0.6 is 11.8 Å². The summed E-state index contributed by atoms with van der Waals surface area (Å²) >= 11 is 1.41. The summed E-state index contributed by atoms with van der Waals surface area (Å²) in [6, 6.07) is 8.57. The Balaban J connectivity index is 2.23. The third-order valence-corrected chi connectivity index (χ3v) is 3.25. The molecule has 1 aromatic heterocycles. The van der Waals surface area contributed by atoms with Crippen LogP contribution in [0.4, 0.5) is 5.95 Å². The first-order chi connectivity index (χ1) is 9.06. The van der Waals surface area contributed by atoms with Crippen LogP contribution < -0.4 is 4.90 Å². The molecule has 0 radical (unpaired) electrons. The minimum absolute atomic E-state index is 0.270. The molecule has 19 heavy (non-hydrogen) atoms. The summed E-state index contributed by atoms with van der Waals surface area (Å²) in [6.45, 7) is 0. The first-order valence-corrected chi connectivity index (χ1v) is 6.39. The van der Waals surface area contributed by atoms with E-state index in [1.165, 1.54) is 11.8 Å². The van der Waals surface area contributed by atoms with Gasteiger partial charge < -0.3 is 10.0 Å². The zero-order valence-electron chi connectivity index (χ0n) is 10.6. The maximum Gasteiger partial charge on any atom is 0.335 e. The fourth-order valence-electron chi connectivity index (χ4n) is 1.42. The van der Waals surface area contributed by atoms with Crippen molar-refractivity contribution >= 4 is 23.7 Å². The number of hydrogen-bond acceptors (Lipinski definition) is 5.